The molecule has 0 bridgehead atoms. The van der Waals surface area contributed by atoms with E-state index in [0.29, 0.717) is 5.69 Å². The first kappa shape index (κ1) is 15.0. The lowest BCUT2D eigenvalue weighted by Crippen LogP contribution is -2.21. The van der Waals surface area contributed by atoms with Gasteiger partial charge in [0.15, 0.2) is 0 Å². The number of halogens is 1. The molecule has 24 heavy (non-hydrogen) atoms. The molecule has 1 aromatic heterocycles. The van der Waals surface area contributed by atoms with Crippen LogP contribution in [0.3, 0.4) is 0 Å². The van der Waals surface area contributed by atoms with Crippen molar-refractivity contribution in [2.45, 2.75) is 6.04 Å². The Morgan fingerprint density at radius 2 is 2.00 bits per heavy atom. The number of nitrogens with one attached hydrogen (secondary N) is 2. The molecule has 1 aliphatic heterocycles. The number of fused-ring (bicyclic) bond motifs is 1. The molecule has 0 saturated heterocycles. The van der Waals surface area contributed by atoms with E-state index in [1.54, 1.807) is 7.11 Å². The average molecular weight is 384 g/mol. The minimum atomic E-state index is -0.232. The second-order valence-corrected chi connectivity index (χ2v) is 6.47. The van der Waals surface area contributed by atoms with E-state index < -0.39 is 0 Å². The van der Waals surface area contributed by atoms with E-state index in [-0.39, 0.29) is 11.9 Å². The number of H-pyrrole nitrogens is 1. The van der Waals surface area contributed by atoms with Crippen LogP contribution in [-0.4, -0.2) is 23.2 Å². The maximum absolute atomic E-state index is 12.3. The fraction of sp³-hybridized carbons (Fsp3) is 0.111. The zero-order valence-electron chi connectivity index (χ0n) is 12.8. The van der Waals surface area contributed by atoms with Gasteiger partial charge in [0, 0.05) is 15.6 Å². The van der Waals surface area contributed by atoms with Crippen molar-refractivity contribution in [1.29, 1.82) is 0 Å². The number of nitrogens with zero attached hydrogens (tertiary/aromatic N) is 1. The average Bonchev–Trinajstić information content (AvgIpc) is 3.16. The Balaban J connectivity index is 1.86. The Morgan fingerprint density at radius 3 is 2.79 bits per heavy atom. The van der Waals surface area contributed by atoms with Crippen LogP contribution in [0.1, 0.15) is 27.7 Å². The molecule has 1 amide bonds. The van der Waals surface area contributed by atoms with Gasteiger partial charge < -0.3 is 10.1 Å². The highest BCUT2D eigenvalue weighted by molar-refractivity contribution is 9.10. The number of aromatic amines is 1. The molecule has 0 spiro atoms. The van der Waals surface area contributed by atoms with Crippen LogP contribution < -0.4 is 10.1 Å². The van der Waals surface area contributed by atoms with Gasteiger partial charge in [-0.3, -0.25) is 9.89 Å². The van der Waals surface area contributed by atoms with Gasteiger partial charge in [-0.15, -0.1) is 0 Å². The van der Waals surface area contributed by atoms with Gasteiger partial charge in [0.2, 0.25) is 0 Å². The van der Waals surface area contributed by atoms with Gasteiger partial charge in [-0.2, -0.15) is 5.10 Å². The molecule has 120 valence electrons. The van der Waals surface area contributed by atoms with Crippen LogP contribution in [0.15, 0.2) is 53.0 Å². The number of hydrogen-bond acceptors (Lipinski definition) is 3. The summed E-state index contributed by atoms with van der Waals surface area (Å²) in [5, 5.41) is 10.3. The van der Waals surface area contributed by atoms with Crippen molar-refractivity contribution in [1.82, 2.24) is 15.5 Å². The van der Waals surface area contributed by atoms with E-state index >= 15 is 0 Å². The molecule has 0 saturated carbocycles. The summed E-state index contributed by atoms with van der Waals surface area (Å²) in [6, 6.07) is 15.3. The number of carbonyl (C=O) groups excluding carboxylic acids is 1. The molecule has 0 radical (unpaired) electrons. The van der Waals surface area contributed by atoms with Gasteiger partial charge in [-0.05, 0) is 29.8 Å². The van der Waals surface area contributed by atoms with Gasteiger partial charge in [0.25, 0.3) is 5.91 Å². The van der Waals surface area contributed by atoms with Gasteiger partial charge in [-0.1, -0.05) is 40.2 Å². The maximum atomic E-state index is 12.3. The van der Waals surface area contributed by atoms with Crippen LogP contribution >= 0.6 is 15.9 Å². The monoisotopic (exact) mass is 383 g/mol. The summed E-state index contributed by atoms with van der Waals surface area (Å²) in [6.07, 6.45) is 0. The highest BCUT2D eigenvalue weighted by atomic mass is 79.9. The first-order chi connectivity index (χ1) is 11.7. The third-order valence-corrected chi connectivity index (χ3v) is 4.61. The molecule has 0 fully saturated rings. The summed E-state index contributed by atoms with van der Waals surface area (Å²) < 4.78 is 6.26. The first-order valence-electron chi connectivity index (χ1n) is 7.46. The van der Waals surface area contributed by atoms with Gasteiger partial charge in [0.1, 0.15) is 11.4 Å². The van der Waals surface area contributed by atoms with E-state index in [4.69, 9.17) is 4.74 Å². The number of carbonyl (C=O) groups is 1. The zero-order valence-corrected chi connectivity index (χ0v) is 14.4. The molecule has 5 nitrogen and oxygen atoms in total. The summed E-state index contributed by atoms with van der Waals surface area (Å²) >= 11 is 3.48. The smallest absolute Gasteiger partial charge is 0.270 e. The van der Waals surface area contributed by atoms with Crippen LogP contribution in [0.2, 0.25) is 0 Å². The largest absolute Gasteiger partial charge is 0.497 e. The molecule has 2 heterocycles. The molecule has 1 unspecified atom stereocenters. The fourth-order valence-electron chi connectivity index (χ4n) is 3.01. The first-order valence-corrected chi connectivity index (χ1v) is 8.25. The highest BCUT2D eigenvalue weighted by Gasteiger charge is 2.35. The van der Waals surface area contributed by atoms with Gasteiger partial charge >= 0.3 is 0 Å². The number of aromatic nitrogens is 2. The molecule has 4 rings (SSSR count). The molecule has 2 aromatic carbocycles. The summed E-state index contributed by atoms with van der Waals surface area (Å²) in [5.41, 5.74) is 4.04. The second-order valence-electron chi connectivity index (χ2n) is 5.55. The Bertz CT molecular complexity index is 936. The van der Waals surface area contributed by atoms with Gasteiger partial charge in [-0.25, -0.2) is 0 Å². The van der Waals surface area contributed by atoms with Crippen molar-refractivity contribution in [2.75, 3.05) is 7.11 Å². The molecule has 6 heteroatoms. The second kappa shape index (κ2) is 5.79. The fourth-order valence-corrected chi connectivity index (χ4v) is 3.42. The number of benzene rings is 2. The molecule has 2 N–H and O–H groups in total. The summed E-state index contributed by atoms with van der Waals surface area (Å²) in [7, 11) is 1.63. The standard InChI is InChI=1S/C18H14BrN3O2/c1-24-13-7-3-5-11(9-13)16-14-15(10-4-2-6-12(19)8-10)20-18(23)17(14)22-21-16/h2-9,15H,1H3,(H,20,23)(H,21,22). The number of ether oxygens (including phenoxy) is 1. The van der Waals surface area contributed by atoms with E-state index in [1.807, 2.05) is 48.5 Å². The molecular weight excluding hydrogens is 370 g/mol. The van der Waals surface area contributed by atoms with Crippen molar-refractivity contribution < 1.29 is 9.53 Å². The lowest BCUT2D eigenvalue weighted by atomic mass is 9.97. The molecular formula is C18H14BrN3O2. The van der Waals surface area contributed by atoms with E-state index in [2.05, 4.69) is 31.4 Å². The predicted octanol–water partition coefficient (Wildman–Crippen LogP) is 3.68. The topological polar surface area (TPSA) is 67.0 Å². The van der Waals surface area contributed by atoms with Crippen molar-refractivity contribution in [3.05, 3.63) is 69.8 Å². The third kappa shape index (κ3) is 2.39. The lowest BCUT2D eigenvalue weighted by Gasteiger charge is -2.14. The van der Waals surface area contributed by atoms with Crippen LogP contribution in [-0.2, 0) is 0 Å². The van der Waals surface area contributed by atoms with Crippen LogP contribution in [0, 0.1) is 0 Å². The van der Waals surface area contributed by atoms with E-state index in [1.165, 1.54) is 0 Å². The maximum Gasteiger partial charge on any atom is 0.270 e. The SMILES string of the molecule is COc1cccc(-c2n[nH]c3c2C(c2cccc(Br)c2)NC3=O)c1. The van der Waals surface area contributed by atoms with Crippen LogP contribution in [0.4, 0.5) is 0 Å². The molecule has 1 atom stereocenters. The van der Waals surface area contributed by atoms with E-state index in [9.17, 15) is 4.79 Å². The summed E-state index contributed by atoms with van der Waals surface area (Å²) in [6.45, 7) is 0. The van der Waals surface area contributed by atoms with Crippen molar-refractivity contribution in [2.24, 2.45) is 0 Å². The predicted molar refractivity (Wildman–Crippen MR) is 94.0 cm³/mol. The highest BCUT2D eigenvalue weighted by Crippen LogP contribution is 2.38. The Labute approximate surface area is 147 Å². The van der Waals surface area contributed by atoms with Crippen molar-refractivity contribution in [3.8, 4) is 17.0 Å². The lowest BCUT2D eigenvalue weighted by molar-refractivity contribution is 0.0955. The minimum absolute atomic E-state index is 0.142. The quantitative estimate of drug-likeness (QED) is 0.724. The van der Waals surface area contributed by atoms with E-state index in [0.717, 1.165) is 32.6 Å². The number of methoxy groups -OCH3 is 1. The molecule has 3 aromatic rings. The Morgan fingerprint density at radius 1 is 1.17 bits per heavy atom. The summed E-state index contributed by atoms with van der Waals surface area (Å²) in [4.78, 5) is 12.3. The number of amides is 1. The van der Waals surface area contributed by atoms with Crippen LogP contribution in [0.5, 0.6) is 5.75 Å². The Kier molecular flexibility index (Phi) is 3.61. The van der Waals surface area contributed by atoms with Crippen molar-refractivity contribution in [3.63, 3.8) is 0 Å². The molecule has 0 aliphatic carbocycles. The van der Waals surface area contributed by atoms with Crippen molar-refractivity contribution >= 4 is 21.8 Å². The number of rotatable bonds is 3. The zero-order chi connectivity index (χ0) is 16.7. The third-order valence-electron chi connectivity index (χ3n) is 4.12. The normalized spacial score (nSPS) is 15.9. The number of hydrogen-bond donors (Lipinski definition) is 2. The summed E-state index contributed by atoms with van der Waals surface area (Å²) in [5.74, 6) is 0.608. The van der Waals surface area contributed by atoms with Gasteiger partial charge in [0.05, 0.1) is 18.8 Å². The molecule has 1 aliphatic rings. The minimum Gasteiger partial charge on any atom is -0.497 e. The van der Waals surface area contributed by atoms with Crippen LogP contribution in [0.25, 0.3) is 11.3 Å². The Hall–Kier alpha value is -2.60.